The van der Waals surface area contributed by atoms with Gasteiger partial charge in [0.25, 0.3) is 0 Å². The van der Waals surface area contributed by atoms with Crippen LogP contribution in [0.15, 0.2) is 51.6 Å². The van der Waals surface area contributed by atoms with E-state index in [0.717, 1.165) is 16.7 Å². The Balaban J connectivity index is 2.12. The normalized spacial score (nSPS) is 11.7. The smallest absolute Gasteiger partial charge is 0.347 e. The summed E-state index contributed by atoms with van der Waals surface area (Å²) >= 11 is 3.40. The third kappa shape index (κ3) is 5.32. The minimum absolute atomic E-state index is 0.634. The van der Waals surface area contributed by atoms with Crippen molar-refractivity contribution < 1.29 is 14.6 Å². The van der Waals surface area contributed by atoms with E-state index in [1.165, 1.54) is 9.79 Å². The Kier molecular flexibility index (Phi) is 6.84. The van der Waals surface area contributed by atoms with Crippen molar-refractivity contribution in [1.82, 2.24) is 0 Å². The number of benzene rings is 2. The first kappa shape index (κ1) is 20.5. The minimum atomic E-state index is -1.26. The molecule has 5 heteroatoms. The molecule has 2 aromatic carbocycles. The lowest BCUT2D eigenvalue weighted by Gasteiger charge is -2.24. The number of aryl methyl sites for hydroxylation is 2. The van der Waals surface area contributed by atoms with E-state index in [0.29, 0.717) is 5.75 Å². The topological polar surface area (TPSA) is 46.5 Å². The molecular weight excluding hydrogens is 364 g/mol. The molecule has 0 aliphatic rings. The van der Waals surface area contributed by atoms with Crippen LogP contribution in [0.1, 0.15) is 30.5 Å². The third-order valence-electron chi connectivity index (χ3n) is 3.88. The van der Waals surface area contributed by atoms with Crippen LogP contribution in [0.4, 0.5) is 0 Å². The van der Waals surface area contributed by atoms with Gasteiger partial charge in [0.15, 0.2) is 5.60 Å². The summed E-state index contributed by atoms with van der Waals surface area (Å²) in [5.41, 5.74) is 1.65. The van der Waals surface area contributed by atoms with Gasteiger partial charge in [0, 0.05) is 9.79 Å². The van der Waals surface area contributed by atoms with Crippen molar-refractivity contribution in [3.8, 4) is 5.75 Å². The van der Waals surface area contributed by atoms with Gasteiger partial charge in [-0.15, -0.1) is 11.8 Å². The van der Waals surface area contributed by atoms with Gasteiger partial charge in [-0.25, -0.2) is 4.79 Å². The summed E-state index contributed by atoms with van der Waals surface area (Å²) in [7, 11) is 0. The fraction of sp³-hybridized carbons (Fsp3) is 0.286. The molecule has 0 saturated heterocycles. The molecule has 0 aromatic heterocycles. The maximum atomic E-state index is 11.3. The fourth-order valence-electron chi connectivity index (χ4n) is 2.39. The molecule has 26 heavy (non-hydrogen) atoms. The first-order valence-corrected chi connectivity index (χ1v) is 10.3. The number of thioether (sulfide) groups is 2. The van der Waals surface area contributed by atoms with E-state index in [-0.39, 0.29) is 0 Å². The van der Waals surface area contributed by atoms with E-state index in [9.17, 15) is 9.90 Å². The monoisotopic (exact) mass is 388 g/mol. The quantitative estimate of drug-likeness (QED) is 0.587. The number of rotatable bonds is 7. The van der Waals surface area contributed by atoms with Crippen molar-refractivity contribution in [1.29, 1.82) is 0 Å². The molecule has 0 aliphatic heterocycles. The Bertz CT molecular complexity index is 786. The van der Waals surface area contributed by atoms with Gasteiger partial charge in [0.1, 0.15) is 5.75 Å². The molecule has 0 saturated carbocycles. The Morgan fingerprint density at radius 2 is 1.62 bits per heavy atom. The standard InChI is InChI=1S/C21H24O3S2/c1-14-12-16(10-11-26-18-8-6-17(25-5)7-9-18)13-15(2)19(14)24-21(3,4)20(22)23/h6-13H,1-5H3,(H,22,23)/b11-10+. The molecule has 0 bridgehead atoms. The van der Waals surface area contributed by atoms with Crippen LogP contribution in [-0.4, -0.2) is 22.9 Å². The maximum Gasteiger partial charge on any atom is 0.347 e. The van der Waals surface area contributed by atoms with Gasteiger partial charge in [-0.1, -0.05) is 11.8 Å². The van der Waals surface area contributed by atoms with Gasteiger partial charge in [0.2, 0.25) is 0 Å². The average Bonchev–Trinajstić information content (AvgIpc) is 2.58. The van der Waals surface area contributed by atoms with Crippen LogP contribution in [-0.2, 0) is 4.79 Å². The molecule has 0 spiro atoms. The number of hydrogen-bond acceptors (Lipinski definition) is 4. The number of carbonyl (C=O) groups is 1. The van der Waals surface area contributed by atoms with Crippen LogP contribution < -0.4 is 4.74 Å². The first-order valence-electron chi connectivity index (χ1n) is 8.24. The van der Waals surface area contributed by atoms with E-state index in [1.807, 2.05) is 26.0 Å². The van der Waals surface area contributed by atoms with E-state index >= 15 is 0 Å². The fourth-order valence-corrected chi connectivity index (χ4v) is 3.47. The number of hydrogen-bond donors (Lipinski definition) is 1. The van der Waals surface area contributed by atoms with Gasteiger partial charge in [-0.3, -0.25) is 0 Å². The summed E-state index contributed by atoms with van der Waals surface area (Å²) in [5.74, 6) is -0.348. The molecule has 0 amide bonds. The van der Waals surface area contributed by atoms with Crippen LogP contribution in [0.25, 0.3) is 6.08 Å². The van der Waals surface area contributed by atoms with E-state index in [2.05, 4.69) is 42.0 Å². The summed E-state index contributed by atoms with van der Waals surface area (Å²) < 4.78 is 5.74. The summed E-state index contributed by atoms with van der Waals surface area (Å²) in [6.45, 7) is 6.99. The molecule has 2 aromatic rings. The molecule has 0 fully saturated rings. The molecule has 1 N–H and O–H groups in total. The number of ether oxygens (including phenoxy) is 1. The predicted molar refractivity (Wildman–Crippen MR) is 111 cm³/mol. The summed E-state index contributed by atoms with van der Waals surface area (Å²) in [6.07, 6.45) is 4.12. The second kappa shape index (κ2) is 8.69. The lowest BCUT2D eigenvalue weighted by molar-refractivity contribution is -0.152. The van der Waals surface area contributed by atoms with Gasteiger partial charge < -0.3 is 9.84 Å². The molecular formula is C21H24O3S2. The molecule has 0 heterocycles. The Labute approximate surface area is 163 Å². The molecule has 0 atom stereocenters. The molecule has 138 valence electrons. The molecule has 2 rings (SSSR count). The highest BCUT2D eigenvalue weighted by Crippen LogP contribution is 2.30. The number of carboxylic acid groups (broad SMARTS) is 1. The third-order valence-corrected chi connectivity index (χ3v) is 5.44. The molecule has 0 aliphatic carbocycles. The predicted octanol–water partition coefficient (Wildman–Crippen LogP) is 6.03. The van der Waals surface area contributed by atoms with Crippen LogP contribution >= 0.6 is 23.5 Å². The molecule has 0 unspecified atom stereocenters. The van der Waals surface area contributed by atoms with Crippen molar-refractivity contribution in [3.05, 3.63) is 58.5 Å². The van der Waals surface area contributed by atoms with Crippen LogP contribution in [0.3, 0.4) is 0 Å². The first-order chi connectivity index (χ1) is 12.2. The second-order valence-electron chi connectivity index (χ2n) is 6.50. The highest BCUT2D eigenvalue weighted by Gasteiger charge is 2.30. The van der Waals surface area contributed by atoms with E-state index < -0.39 is 11.6 Å². The van der Waals surface area contributed by atoms with E-state index in [1.54, 1.807) is 37.4 Å². The van der Waals surface area contributed by atoms with Gasteiger partial charge in [0.05, 0.1) is 0 Å². The Hall–Kier alpha value is -1.85. The van der Waals surface area contributed by atoms with Crippen molar-refractivity contribution in [3.63, 3.8) is 0 Å². The number of aliphatic carboxylic acids is 1. The Morgan fingerprint density at radius 1 is 1.08 bits per heavy atom. The van der Waals surface area contributed by atoms with Gasteiger partial charge >= 0.3 is 5.97 Å². The largest absolute Gasteiger partial charge is 0.478 e. The van der Waals surface area contributed by atoms with Crippen molar-refractivity contribution in [2.75, 3.05) is 6.26 Å². The summed E-state index contributed by atoms with van der Waals surface area (Å²) in [5, 5.41) is 11.3. The van der Waals surface area contributed by atoms with Crippen molar-refractivity contribution in [2.45, 2.75) is 43.1 Å². The van der Waals surface area contributed by atoms with Crippen LogP contribution in [0.5, 0.6) is 5.75 Å². The van der Waals surface area contributed by atoms with Gasteiger partial charge in [-0.05, 0) is 98.5 Å². The summed E-state index contributed by atoms with van der Waals surface area (Å²) in [6, 6.07) is 12.5. The summed E-state index contributed by atoms with van der Waals surface area (Å²) in [4.78, 5) is 13.7. The second-order valence-corrected chi connectivity index (χ2v) is 8.36. The SMILES string of the molecule is CSc1ccc(S/C=C/c2cc(C)c(OC(C)(C)C(=O)O)c(C)c2)cc1. The molecule has 0 radical (unpaired) electrons. The lowest BCUT2D eigenvalue weighted by Crippen LogP contribution is -2.38. The number of carboxylic acids is 1. The maximum absolute atomic E-state index is 11.3. The highest BCUT2D eigenvalue weighted by molar-refractivity contribution is 8.02. The zero-order chi connectivity index (χ0) is 19.3. The van der Waals surface area contributed by atoms with Crippen LogP contribution in [0.2, 0.25) is 0 Å². The van der Waals surface area contributed by atoms with Crippen molar-refractivity contribution >= 4 is 35.6 Å². The van der Waals surface area contributed by atoms with E-state index in [4.69, 9.17) is 4.74 Å². The minimum Gasteiger partial charge on any atom is -0.478 e. The lowest BCUT2D eigenvalue weighted by atomic mass is 10.0. The van der Waals surface area contributed by atoms with Crippen molar-refractivity contribution in [2.24, 2.45) is 0 Å². The Morgan fingerprint density at radius 3 is 2.12 bits per heavy atom. The zero-order valence-corrected chi connectivity index (χ0v) is 17.3. The zero-order valence-electron chi connectivity index (χ0n) is 15.7. The highest BCUT2D eigenvalue weighted by atomic mass is 32.2. The van der Waals surface area contributed by atoms with Gasteiger partial charge in [-0.2, -0.15) is 0 Å². The average molecular weight is 389 g/mol. The van der Waals surface area contributed by atoms with Crippen LogP contribution in [0, 0.1) is 13.8 Å². The molecule has 3 nitrogen and oxygen atoms in total.